The zero-order valence-corrected chi connectivity index (χ0v) is 17.2. The van der Waals surface area contributed by atoms with E-state index in [1.807, 2.05) is 0 Å². The summed E-state index contributed by atoms with van der Waals surface area (Å²) in [6.07, 6.45) is 2.69. The van der Waals surface area contributed by atoms with Crippen LogP contribution in [0.25, 0.3) is 0 Å². The van der Waals surface area contributed by atoms with Gasteiger partial charge in [-0.1, -0.05) is 12.1 Å². The molecule has 3 aromatic rings. The molecule has 1 fully saturated rings. The van der Waals surface area contributed by atoms with Gasteiger partial charge in [-0.2, -0.15) is 0 Å². The summed E-state index contributed by atoms with van der Waals surface area (Å²) < 4.78 is 46.7. The quantitative estimate of drug-likeness (QED) is 0.552. The Morgan fingerprint density at radius 2 is 1.84 bits per heavy atom. The molecular formula is C24H23F3N2O2. The molecule has 2 heterocycles. The number of aryl methyl sites for hydroxylation is 1. The molecule has 162 valence electrons. The molecule has 0 atom stereocenters. The molecule has 0 spiro atoms. The maximum absolute atomic E-state index is 14.3. The number of likely N-dealkylation sites (tertiary alicyclic amines) is 1. The molecule has 7 heteroatoms. The second kappa shape index (κ2) is 8.98. The third kappa shape index (κ3) is 4.66. The third-order valence-electron chi connectivity index (χ3n) is 5.72. The number of rotatable bonds is 5. The van der Waals surface area contributed by atoms with Crippen molar-refractivity contribution in [3.05, 3.63) is 89.1 Å². The lowest BCUT2D eigenvalue weighted by Gasteiger charge is -2.38. The van der Waals surface area contributed by atoms with Gasteiger partial charge in [0.15, 0.2) is 5.76 Å². The molecule has 0 saturated carbocycles. The van der Waals surface area contributed by atoms with Gasteiger partial charge in [-0.3, -0.25) is 9.69 Å². The number of hydrogen-bond donors (Lipinski definition) is 0. The molecule has 1 aromatic heterocycles. The van der Waals surface area contributed by atoms with E-state index in [1.54, 1.807) is 36.1 Å². The van der Waals surface area contributed by atoms with Gasteiger partial charge in [-0.05, 0) is 55.7 Å². The van der Waals surface area contributed by atoms with Crippen LogP contribution in [-0.2, 0) is 6.54 Å². The van der Waals surface area contributed by atoms with Crippen LogP contribution in [0.2, 0.25) is 0 Å². The molecule has 1 saturated heterocycles. The number of carbonyl (C=O) groups excluding carboxylic acids is 1. The topological polar surface area (TPSA) is 36.7 Å². The van der Waals surface area contributed by atoms with E-state index < -0.39 is 11.6 Å². The number of benzene rings is 2. The number of anilines is 1. The predicted molar refractivity (Wildman–Crippen MR) is 111 cm³/mol. The van der Waals surface area contributed by atoms with Gasteiger partial charge in [0.25, 0.3) is 5.91 Å². The Labute approximate surface area is 178 Å². The second-order valence-corrected chi connectivity index (χ2v) is 7.83. The van der Waals surface area contributed by atoms with Gasteiger partial charge in [0.2, 0.25) is 0 Å². The molecule has 0 N–H and O–H groups in total. The zero-order valence-electron chi connectivity index (χ0n) is 17.2. The van der Waals surface area contributed by atoms with E-state index in [9.17, 15) is 18.0 Å². The van der Waals surface area contributed by atoms with E-state index in [1.165, 1.54) is 24.5 Å². The summed E-state index contributed by atoms with van der Waals surface area (Å²) in [4.78, 5) is 16.8. The molecule has 31 heavy (non-hydrogen) atoms. The SMILES string of the molecule is Cc1ccc(N(C(=O)c2ccco2)C2CCN(Cc3ccc(F)cc3F)CC2)cc1F. The van der Waals surface area contributed by atoms with Crippen LogP contribution in [0, 0.1) is 24.4 Å². The maximum atomic E-state index is 14.3. The zero-order chi connectivity index (χ0) is 22.0. The fourth-order valence-electron chi connectivity index (χ4n) is 3.97. The van der Waals surface area contributed by atoms with Gasteiger partial charge in [-0.25, -0.2) is 13.2 Å². The number of carbonyl (C=O) groups is 1. The van der Waals surface area contributed by atoms with Crippen molar-refractivity contribution < 1.29 is 22.4 Å². The van der Waals surface area contributed by atoms with Crippen molar-refractivity contribution in [1.29, 1.82) is 0 Å². The van der Waals surface area contributed by atoms with Crippen LogP contribution < -0.4 is 4.90 Å². The summed E-state index contributed by atoms with van der Waals surface area (Å²) in [5, 5.41) is 0. The maximum Gasteiger partial charge on any atom is 0.294 e. The molecule has 0 aliphatic carbocycles. The first-order chi connectivity index (χ1) is 14.9. The Kier molecular flexibility index (Phi) is 6.13. The van der Waals surface area contributed by atoms with E-state index in [0.717, 1.165) is 6.07 Å². The van der Waals surface area contributed by atoms with Crippen molar-refractivity contribution in [2.45, 2.75) is 32.4 Å². The normalized spacial score (nSPS) is 15.2. The van der Waals surface area contributed by atoms with Crippen LogP contribution in [0.4, 0.5) is 18.9 Å². The number of halogens is 3. The van der Waals surface area contributed by atoms with Gasteiger partial charge in [0.1, 0.15) is 17.5 Å². The van der Waals surface area contributed by atoms with Gasteiger partial charge >= 0.3 is 0 Å². The number of nitrogens with zero attached hydrogens (tertiary/aromatic N) is 2. The summed E-state index contributed by atoms with van der Waals surface area (Å²) in [5.74, 6) is -1.67. The summed E-state index contributed by atoms with van der Waals surface area (Å²) in [6, 6.07) is 11.4. The molecule has 1 amide bonds. The predicted octanol–water partition coefficient (Wildman–Crippen LogP) is 5.32. The highest BCUT2D eigenvalue weighted by Crippen LogP contribution is 2.28. The molecular weight excluding hydrogens is 405 g/mol. The van der Waals surface area contributed by atoms with Crippen molar-refractivity contribution in [2.24, 2.45) is 0 Å². The molecule has 1 aliphatic heterocycles. The highest BCUT2D eigenvalue weighted by Gasteiger charge is 2.31. The highest BCUT2D eigenvalue weighted by molar-refractivity contribution is 6.04. The molecule has 4 nitrogen and oxygen atoms in total. The Hall–Kier alpha value is -3.06. The first-order valence-corrected chi connectivity index (χ1v) is 10.2. The average molecular weight is 428 g/mol. The average Bonchev–Trinajstić information content (AvgIpc) is 3.29. The van der Waals surface area contributed by atoms with Crippen LogP contribution in [0.3, 0.4) is 0 Å². The van der Waals surface area contributed by atoms with E-state index in [-0.39, 0.29) is 23.5 Å². The first kappa shape index (κ1) is 21.2. The van der Waals surface area contributed by atoms with Gasteiger partial charge in [0.05, 0.1) is 6.26 Å². The van der Waals surface area contributed by atoms with Crippen molar-refractivity contribution >= 4 is 11.6 Å². The van der Waals surface area contributed by atoms with Crippen molar-refractivity contribution in [3.63, 3.8) is 0 Å². The van der Waals surface area contributed by atoms with Crippen molar-refractivity contribution in [3.8, 4) is 0 Å². The van der Waals surface area contributed by atoms with E-state index in [2.05, 4.69) is 4.90 Å². The Balaban J connectivity index is 1.51. The number of hydrogen-bond acceptors (Lipinski definition) is 3. The fourth-order valence-corrected chi connectivity index (χ4v) is 3.97. The Morgan fingerprint density at radius 1 is 1.06 bits per heavy atom. The molecule has 0 unspecified atom stereocenters. The van der Waals surface area contributed by atoms with Gasteiger partial charge in [0, 0.05) is 43.0 Å². The lowest BCUT2D eigenvalue weighted by atomic mass is 10.0. The largest absolute Gasteiger partial charge is 0.459 e. The second-order valence-electron chi connectivity index (χ2n) is 7.83. The fraction of sp³-hybridized carbons (Fsp3) is 0.292. The number of amides is 1. The van der Waals surface area contributed by atoms with Gasteiger partial charge < -0.3 is 9.32 Å². The highest BCUT2D eigenvalue weighted by atomic mass is 19.1. The van der Waals surface area contributed by atoms with E-state index in [0.29, 0.717) is 49.3 Å². The summed E-state index contributed by atoms with van der Waals surface area (Å²) >= 11 is 0. The smallest absolute Gasteiger partial charge is 0.294 e. The molecule has 2 aromatic carbocycles. The van der Waals surface area contributed by atoms with Crippen molar-refractivity contribution in [1.82, 2.24) is 4.90 Å². The van der Waals surface area contributed by atoms with Gasteiger partial charge in [-0.15, -0.1) is 0 Å². The van der Waals surface area contributed by atoms with Crippen LogP contribution >= 0.6 is 0 Å². The molecule has 1 aliphatic rings. The molecule has 0 bridgehead atoms. The molecule has 0 radical (unpaired) electrons. The first-order valence-electron chi connectivity index (χ1n) is 10.2. The van der Waals surface area contributed by atoms with E-state index in [4.69, 9.17) is 4.42 Å². The minimum absolute atomic E-state index is 0.158. The van der Waals surface area contributed by atoms with Crippen LogP contribution in [-0.4, -0.2) is 29.9 Å². The summed E-state index contributed by atoms with van der Waals surface area (Å²) in [7, 11) is 0. The summed E-state index contributed by atoms with van der Waals surface area (Å²) in [6.45, 7) is 3.28. The monoisotopic (exact) mass is 428 g/mol. The standard InChI is InChI=1S/C24H23F3N2O2/c1-16-4-7-20(14-21(16)26)29(24(30)23-3-2-12-31-23)19-8-10-28(11-9-19)15-17-5-6-18(25)13-22(17)27/h2-7,12-14,19H,8-11,15H2,1H3. The van der Waals surface area contributed by atoms with Crippen LogP contribution in [0.15, 0.2) is 59.2 Å². The lowest BCUT2D eigenvalue weighted by molar-refractivity contribution is 0.0931. The van der Waals surface area contributed by atoms with Crippen LogP contribution in [0.1, 0.15) is 34.5 Å². The number of furan rings is 1. The summed E-state index contributed by atoms with van der Waals surface area (Å²) in [5.41, 5.74) is 1.42. The van der Waals surface area contributed by atoms with E-state index >= 15 is 0 Å². The Morgan fingerprint density at radius 3 is 2.48 bits per heavy atom. The molecule has 4 rings (SSSR count). The van der Waals surface area contributed by atoms with Crippen molar-refractivity contribution in [2.75, 3.05) is 18.0 Å². The third-order valence-corrected chi connectivity index (χ3v) is 5.72. The minimum Gasteiger partial charge on any atom is -0.459 e. The minimum atomic E-state index is -0.600. The lowest BCUT2D eigenvalue weighted by Crippen LogP contribution is -2.47. The van der Waals surface area contributed by atoms with Crippen LogP contribution in [0.5, 0.6) is 0 Å². The number of piperidine rings is 1. The Bertz CT molecular complexity index is 1060.